The topological polar surface area (TPSA) is 18.5 Å². The highest BCUT2D eigenvalue weighted by Gasteiger charge is 1.74. The van der Waals surface area contributed by atoms with E-state index >= 15 is 0 Å². The van der Waals surface area contributed by atoms with E-state index in [0.29, 0.717) is 12.9 Å². The zero-order valence-corrected chi connectivity index (χ0v) is 6.20. The average Bonchev–Trinajstić information content (AvgIpc) is 2.03. The van der Waals surface area contributed by atoms with Crippen molar-refractivity contribution in [3.8, 4) is 0 Å². The molecule has 3 heteroatoms. The van der Waals surface area contributed by atoms with Gasteiger partial charge in [0, 0.05) is 0 Å². The number of hydrogen-bond acceptors (Lipinski definition) is 2. The van der Waals surface area contributed by atoms with Crippen LogP contribution in [-0.4, -0.2) is 13.2 Å². The normalized spacial score (nSPS) is 10.6. The summed E-state index contributed by atoms with van der Waals surface area (Å²) in [5.74, 6) is 0. The molecule has 0 fully saturated rings. The Morgan fingerprint density at radius 3 is 2.55 bits per heavy atom. The fourth-order valence-electron chi connectivity index (χ4n) is 0.378. The van der Waals surface area contributed by atoms with Crippen LogP contribution >= 0.6 is 0 Å². The van der Waals surface area contributed by atoms with Crippen LogP contribution < -0.4 is 0 Å². The van der Waals surface area contributed by atoms with Crippen molar-refractivity contribution in [3.05, 3.63) is 37.6 Å². The van der Waals surface area contributed by atoms with E-state index in [2.05, 4.69) is 6.58 Å². The van der Waals surface area contributed by atoms with Gasteiger partial charge in [0.05, 0.1) is 18.9 Å². The Morgan fingerprint density at radius 2 is 1.91 bits per heavy atom. The third-order valence-corrected chi connectivity index (χ3v) is 0.784. The molecular formula is C8H11FO2. The van der Waals surface area contributed by atoms with E-state index in [1.54, 1.807) is 6.08 Å². The van der Waals surface area contributed by atoms with Crippen LogP contribution in [0.5, 0.6) is 0 Å². The first kappa shape index (κ1) is 9.75. The van der Waals surface area contributed by atoms with E-state index in [1.165, 1.54) is 18.6 Å². The molecule has 0 atom stereocenters. The predicted octanol–water partition coefficient (Wildman–Crippen LogP) is 2.16. The molecule has 0 N–H and O–H groups in total. The second-order valence-electron chi connectivity index (χ2n) is 1.57. The van der Waals surface area contributed by atoms with Gasteiger partial charge in [0.2, 0.25) is 0 Å². The summed E-state index contributed by atoms with van der Waals surface area (Å²) in [6, 6.07) is 0. The van der Waals surface area contributed by atoms with Gasteiger partial charge in [-0.2, -0.15) is 0 Å². The van der Waals surface area contributed by atoms with E-state index in [9.17, 15) is 4.39 Å². The van der Waals surface area contributed by atoms with Crippen molar-refractivity contribution >= 4 is 0 Å². The van der Waals surface area contributed by atoms with E-state index < -0.39 is 0 Å². The van der Waals surface area contributed by atoms with Gasteiger partial charge < -0.3 is 9.47 Å². The number of hydrogen-bond donors (Lipinski definition) is 0. The molecule has 0 unspecified atom stereocenters. The van der Waals surface area contributed by atoms with E-state index in [0.717, 1.165) is 0 Å². The molecule has 0 aromatic heterocycles. The first-order valence-corrected chi connectivity index (χ1v) is 3.16. The van der Waals surface area contributed by atoms with Gasteiger partial charge in [0.25, 0.3) is 0 Å². The van der Waals surface area contributed by atoms with Gasteiger partial charge in [0.1, 0.15) is 13.2 Å². The lowest BCUT2D eigenvalue weighted by Gasteiger charge is -1.93. The highest BCUT2D eigenvalue weighted by Crippen LogP contribution is 1.82. The largest absolute Gasteiger partial charge is 0.498 e. The Balaban J connectivity index is 3.09. The van der Waals surface area contributed by atoms with Gasteiger partial charge in [-0.3, -0.25) is 0 Å². The average molecular weight is 158 g/mol. The molecule has 2 nitrogen and oxygen atoms in total. The molecule has 0 aliphatic rings. The van der Waals surface area contributed by atoms with Crippen molar-refractivity contribution in [2.24, 2.45) is 0 Å². The fourth-order valence-corrected chi connectivity index (χ4v) is 0.378. The van der Waals surface area contributed by atoms with E-state index in [-0.39, 0.29) is 6.61 Å². The van der Waals surface area contributed by atoms with Gasteiger partial charge in [-0.05, 0) is 12.2 Å². The maximum Gasteiger partial charge on any atom is 0.109 e. The monoisotopic (exact) mass is 158 g/mol. The minimum absolute atomic E-state index is 0.237. The van der Waals surface area contributed by atoms with Gasteiger partial charge >= 0.3 is 0 Å². The predicted molar refractivity (Wildman–Crippen MR) is 41.5 cm³/mol. The minimum Gasteiger partial charge on any atom is -0.498 e. The molecule has 0 rings (SSSR count). The van der Waals surface area contributed by atoms with E-state index in [4.69, 9.17) is 9.47 Å². The number of rotatable bonds is 6. The molecule has 0 radical (unpaired) electrons. The lowest BCUT2D eigenvalue weighted by atomic mass is 10.6. The summed E-state index contributed by atoms with van der Waals surface area (Å²) in [7, 11) is 0. The summed E-state index contributed by atoms with van der Waals surface area (Å²) in [5.41, 5.74) is 0. The van der Waals surface area contributed by atoms with Crippen LogP contribution in [0.2, 0.25) is 0 Å². The number of halogens is 1. The molecule has 0 saturated carbocycles. The van der Waals surface area contributed by atoms with Crippen LogP contribution in [0, 0.1) is 0 Å². The SMILES string of the molecule is C=COCC=COCC=CF. The van der Waals surface area contributed by atoms with Crippen molar-refractivity contribution < 1.29 is 13.9 Å². The summed E-state index contributed by atoms with van der Waals surface area (Å²) in [6.45, 7) is 4.01. The van der Waals surface area contributed by atoms with Crippen molar-refractivity contribution in [1.82, 2.24) is 0 Å². The van der Waals surface area contributed by atoms with Crippen LogP contribution in [-0.2, 0) is 9.47 Å². The van der Waals surface area contributed by atoms with Crippen LogP contribution in [0.4, 0.5) is 4.39 Å². The molecule has 0 aliphatic carbocycles. The van der Waals surface area contributed by atoms with Gasteiger partial charge in [0.15, 0.2) is 0 Å². The first-order valence-electron chi connectivity index (χ1n) is 3.16. The highest BCUT2D eigenvalue weighted by atomic mass is 19.1. The lowest BCUT2D eigenvalue weighted by molar-refractivity contribution is 0.266. The first-order chi connectivity index (χ1) is 5.41. The summed E-state index contributed by atoms with van der Waals surface area (Å²) in [4.78, 5) is 0. The summed E-state index contributed by atoms with van der Waals surface area (Å²) in [5, 5.41) is 0. The van der Waals surface area contributed by atoms with Gasteiger partial charge in [-0.25, -0.2) is 4.39 Å². The Kier molecular flexibility index (Phi) is 7.76. The standard InChI is InChI=1S/C8H11FO2/c1-2-10-7-4-8-11-6-3-5-9/h2-5,8H,1,6-7H2. The molecule has 0 saturated heterocycles. The smallest absolute Gasteiger partial charge is 0.109 e. The minimum atomic E-state index is 0.237. The van der Waals surface area contributed by atoms with Crippen molar-refractivity contribution in [3.63, 3.8) is 0 Å². The van der Waals surface area contributed by atoms with Crippen LogP contribution in [0.1, 0.15) is 0 Å². The molecule has 0 bridgehead atoms. The van der Waals surface area contributed by atoms with Crippen LogP contribution in [0.25, 0.3) is 0 Å². The Labute approximate surface area is 65.6 Å². The molecule has 0 spiro atoms. The number of ether oxygens (including phenoxy) is 2. The molecule has 11 heavy (non-hydrogen) atoms. The van der Waals surface area contributed by atoms with Crippen molar-refractivity contribution in [2.45, 2.75) is 0 Å². The molecule has 0 amide bonds. The van der Waals surface area contributed by atoms with Crippen LogP contribution in [0.3, 0.4) is 0 Å². The quantitative estimate of drug-likeness (QED) is 0.435. The molecule has 62 valence electrons. The summed E-state index contributed by atoms with van der Waals surface area (Å²) < 4.78 is 20.8. The molecule has 0 heterocycles. The Bertz CT molecular complexity index is 141. The lowest BCUT2D eigenvalue weighted by Crippen LogP contribution is -1.83. The summed E-state index contributed by atoms with van der Waals surface area (Å²) >= 11 is 0. The van der Waals surface area contributed by atoms with Crippen molar-refractivity contribution in [2.75, 3.05) is 13.2 Å². The molecule has 0 aliphatic heterocycles. The Morgan fingerprint density at radius 1 is 1.18 bits per heavy atom. The zero-order valence-electron chi connectivity index (χ0n) is 6.20. The van der Waals surface area contributed by atoms with E-state index in [1.807, 2.05) is 0 Å². The third kappa shape index (κ3) is 8.75. The maximum atomic E-state index is 11.3. The molecule has 0 aromatic carbocycles. The summed E-state index contributed by atoms with van der Waals surface area (Å²) in [6.07, 6.45) is 6.15. The third-order valence-electron chi connectivity index (χ3n) is 0.784. The van der Waals surface area contributed by atoms with Gasteiger partial charge in [-0.1, -0.05) is 6.58 Å². The molecule has 0 aromatic rings. The Hall–Kier alpha value is -1.25. The maximum absolute atomic E-state index is 11.3. The zero-order chi connectivity index (χ0) is 8.36. The van der Waals surface area contributed by atoms with Crippen molar-refractivity contribution in [1.29, 1.82) is 0 Å². The second-order valence-corrected chi connectivity index (χ2v) is 1.57. The highest BCUT2D eigenvalue weighted by molar-refractivity contribution is 4.77. The molecular weight excluding hydrogens is 147 g/mol. The van der Waals surface area contributed by atoms with Gasteiger partial charge in [-0.15, -0.1) is 0 Å². The fraction of sp³-hybridized carbons (Fsp3) is 0.250. The second kappa shape index (κ2) is 8.75. The van der Waals surface area contributed by atoms with Crippen LogP contribution in [0.15, 0.2) is 37.6 Å².